The Balaban J connectivity index is 1.36. The molecule has 5 rings (SSSR count). The van der Waals surface area contributed by atoms with Gasteiger partial charge >= 0.3 is 6.01 Å². The lowest BCUT2D eigenvalue weighted by Crippen LogP contribution is -2.38. The average Bonchev–Trinajstić information content (AvgIpc) is 3.44. The number of hydrogen-bond acceptors (Lipinski definition) is 8. The topological polar surface area (TPSA) is 75.5 Å². The molecule has 3 aromatic rings. The third-order valence-electron chi connectivity index (χ3n) is 5.83. The largest absolute Gasteiger partial charge is 0.486 e. The van der Waals surface area contributed by atoms with E-state index in [4.69, 9.17) is 14.1 Å². The smallest absolute Gasteiger partial charge is 0.301 e. The Morgan fingerprint density at radius 3 is 2.90 bits per heavy atom. The van der Waals surface area contributed by atoms with E-state index in [9.17, 15) is 4.39 Å². The number of fused-ring (bicyclic) bond motifs is 1. The maximum atomic E-state index is 14.7. The van der Waals surface area contributed by atoms with Gasteiger partial charge in [0.25, 0.3) is 0 Å². The maximum Gasteiger partial charge on any atom is 0.301 e. The summed E-state index contributed by atoms with van der Waals surface area (Å²) in [6.07, 6.45) is 3.74. The number of oxazole rings is 1. The minimum absolute atomic E-state index is 0.242. The number of halogens is 1. The molecule has 2 aromatic heterocycles. The Kier molecular flexibility index (Phi) is 5.54. The van der Waals surface area contributed by atoms with E-state index in [1.807, 2.05) is 6.07 Å². The van der Waals surface area contributed by atoms with E-state index in [1.54, 1.807) is 11.3 Å². The molecule has 2 N–H and O–H groups in total. The molecule has 0 unspecified atom stereocenters. The van der Waals surface area contributed by atoms with Crippen LogP contribution >= 0.6 is 11.3 Å². The molecule has 4 heterocycles. The second-order valence-electron chi connectivity index (χ2n) is 8.21. The second-order valence-corrected chi connectivity index (χ2v) is 9.06. The van der Waals surface area contributed by atoms with Gasteiger partial charge in [-0.2, -0.15) is 4.98 Å². The van der Waals surface area contributed by atoms with Crippen molar-refractivity contribution < 1.29 is 13.5 Å². The summed E-state index contributed by atoms with van der Waals surface area (Å²) < 4.78 is 25.9. The summed E-state index contributed by atoms with van der Waals surface area (Å²) in [5.41, 5.74) is 3.08. The van der Waals surface area contributed by atoms with Gasteiger partial charge in [0.05, 0.1) is 17.9 Å². The first kappa shape index (κ1) is 20.3. The molecule has 1 fully saturated rings. The summed E-state index contributed by atoms with van der Waals surface area (Å²) >= 11 is 1.54. The van der Waals surface area contributed by atoms with Gasteiger partial charge in [-0.05, 0) is 51.9 Å². The summed E-state index contributed by atoms with van der Waals surface area (Å²) in [6, 6.07) is 3.95. The highest BCUT2D eigenvalue weighted by Crippen LogP contribution is 2.39. The standard InChI is InChI=1S/C22H26FN5O2S/c1-13(2)28-7-8-29-20-16(23)9-15(10-19(20)28)17-11-30-21(25-17)27-22-26-18(12-31-22)14-3-5-24-6-4-14/h9-14,24H,3-8H2,1-2H3,(H,25,26,27). The summed E-state index contributed by atoms with van der Waals surface area (Å²) in [7, 11) is 0. The molecular formula is C22H26FN5O2S. The van der Waals surface area contributed by atoms with Crippen molar-refractivity contribution in [1.29, 1.82) is 0 Å². The van der Waals surface area contributed by atoms with Crippen molar-refractivity contribution in [3.8, 4) is 17.0 Å². The van der Waals surface area contributed by atoms with E-state index >= 15 is 0 Å². The Bertz CT molecular complexity index is 1060. The zero-order valence-corrected chi connectivity index (χ0v) is 18.5. The van der Waals surface area contributed by atoms with E-state index in [-0.39, 0.29) is 11.9 Å². The molecule has 2 aliphatic heterocycles. The number of ether oxygens (including phenoxy) is 1. The summed E-state index contributed by atoms with van der Waals surface area (Å²) in [6.45, 7) is 7.44. The van der Waals surface area contributed by atoms with Crippen molar-refractivity contribution in [2.45, 2.75) is 38.6 Å². The fourth-order valence-electron chi connectivity index (χ4n) is 4.19. The van der Waals surface area contributed by atoms with E-state index in [0.717, 1.165) is 49.0 Å². The predicted octanol–water partition coefficient (Wildman–Crippen LogP) is 4.76. The van der Waals surface area contributed by atoms with E-state index in [0.29, 0.717) is 35.5 Å². The number of hydrogen-bond donors (Lipinski definition) is 2. The molecule has 0 aliphatic carbocycles. The minimum atomic E-state index is -0.387. The molecule has 0 radical (unpaired) electrons. The fraction of sp³-hybridized carbons (Fsp3) is 0.455. The zero-order valence-electron chi connectivity index (χ0n) is 17.7. The van der Waals surface area contributed by atoms with Crippen LogP contribution in [0.15, 0.2) is 28.2 Å². The number of rotatable bonds is 5. The SMILES string of the molecule is CC(C)N1CCOc2c(F)cc(-c3coc(Nc4nc(C5CCNCC5)cs4)n3)cc21. The number of nitrogens with one attached hydrogen (secondary N) is 2. The Morgan fingerprint density at radius 1 is 1.26 bits per heavy atom. The molecule has 164 valence electrons. The molecule has 0 saturated carbocycles. The summed E-state index contributed by atoms with van der Waals surface area (Å²) in [5.74, 6) is 0.415. The number of benzene rings is 1. The van der Waals surface area contributed by atoms with Gasteiger partial charge in [0.1, 0.15) is 18.6 Å². The molecule has 1 aromatic carbocycles. The van der Waals surface area contributed by atoms with Crippen molar-refractivity contribution in [3.63, 3.8) is 0 Å². The van der Waals surface area contributed by atoms with Crippen LogP contribution in [-0.2, 0) is 0 Å². The van der Waals surface area contributed by atoms with Crippen molar-refractivity contribution in [3.05, 3.63) is 35.3 Å². The molecule has 7 nitrogen and oxygen atoms in total. The first-order valence-electron chi connectivity index (χ1n) is 10.7. The predicted molar refractivity (Wildman–Crippen MR) is 120 cm³/mol. The van der Waals surface area contributed by atoms with Gasteiger partial charge in [0.15, 0.2) is 16.7 Å². The van der Waals surface area contributed by atoms with Crippen molar-refractivity contribution >= 4 is 28.2 Å². The number of nitrogens with zero attached hydrogens (tertiary/aromatic N) is 3. The highest BCUT2D eigenvalue weighted by atomic mass is 32.1. The molecule has 0 atom stereocenters. The Morgan fingerprint density at radius 2 is 2.10 bits per heavy atom. The van der Waals surface area contributed by atoms with Crippen molar-refractivity contribution in [2.75, 3.05) is 36.5 Å². The lowest BCUT2D eigenvalue weighted by atomic mass is 9.96. The first-order chi connectivity index (χ1) is 15.1. The van der Waals surface area contributed by atoms with Gasteiger partial charge in [0, 0.05) is 22.9 Å². The summed E-state index contributed by atoms with van der Waals surface area (Å²) in [5, 5.41) is 9.37. The quantitative estimate of drug-likeness (QED) is 0.589. The molecule has 0 spiro atoms. The highest BCUT2D eigenvalue weighted by Gasteiger charge is 2.25. The molecule has 31 heavy (non-hydrogen) atoms. The van der Waals surface area contributed by atoms with Crippen LogP contribution in [0.2, 0.25) is 0 Å². The number of anilines is 3. The van der Waals surface area contributed by atoms with Gasteiger partial charge in [0.2, 0.25) is 0 Å². The lowest BCUT2D eigenvalue weighted by molar-refractivity contribution is 0.287. The van der Waals surface area contributed by atoms with Gasteiger partial charge in [-0.15, -0.1) is 11.3 Å². The third-order valence-corrected chi connectivity index (χ3v) is 6.60. The number of piperidine rings is 1. The Hall–Kier alpha value is -2.65. The molecule has 1 saturated heterocycles. The van der Waals surface area contributed by atoms with Gasteiger partial charge in [-0.25, -0.2) is 9.37 Å². The fourth-order valence-corrected chi connectivity index (χ4v) is 4.97. The molecule has 2 aliphatic rings. The molecular weight excluding hydrogens is 417 g/mol. The first-order valence-corrected chi connectivity index (χ1v) is 11.6. The highest BCUT2D eigenvalue weighted by molar-refractivity contribution is 7.13. The normalized spacial score (nSPS) is 17.0. The lowest BCUT2D eigenvalue weighted by Gasteiger charge is -2.34. The van der Waals surface area contributed by atoms with Gasteiger partial charge < -0.3 is 19.4 Å². The molecule has 0 amide bonds. The Labute approximate surface area is 184 Å². The van der Waals surface area contributed by atoms with Crippen LogP contribution < -0.4 is 20.3 Å². The van der Waals surface area contributed by atoms with Crippen molar-refractivity contribution in [2.24, 2.45) is 0 Å². The van der Waals surface area contributed by atoms with Crippen LogP contribution in [0.25, 0.3) is 11.3 Å². The average molecular weight is 444 g/mol. The maximum absolute atomic E-state index is 14.7. The van der Waals surface area contributed by atoms with E-state index < -0.39 is 0 Å². The molecule has 0 bridgehead atoms. The van der Waals surface area contributed by atoms with E-state index in [2.05, 4.69) is 39.7 Å². The minimum Gasteiger partial charge on any atom is -0.486 e. The third kappa shape index (κ3) is 4.12. The van der Waals surface area contributed by atoms with Crippen LogP contribution in [0, 0.1) is 5.82 Å². The summed E-state index contributed by atoms with van der Waals surface area (Å²) in [4.78, 5) is 11.4. The van der Waals surface area contributed by atoms with Crippen molar-refractivity contribution in [1.82, 2.24) is 15.3 Å². The number of aromatic nitrogens is 2. The van der Waals surface area contributed by atoms with Crippen LogP contribution in [0.5, 0.6) is 5.75 Å². The van der Waals surface area contributed by atoms with Crippen LogP contribution in [0.1, 0.15) is 38.3 Å². The van der Waals surface area contributed by atoms with Crippen LogP contribution in [0.4, 0.5) is 21.2 Å². The zero-order chi connectivity index (χ0) is 21.4. The van der Waals surface area contributed by atoms with E-state index in [1.165, 1.54) is 12.3 Å². The van der Waals surface area contributed by atoms with Gasteiger partial charge in [-0.3, -0.25) is 5.32 Å². The second kappa shape index (κ2) is 8.47. The van der Waals surface area contributed by atoms with Crippen LogP contribution in [-0.4, -0.2) is 42.3 Å². The monoisotopic (exact) mass is 443 g/mol. The number of thiazole rings is 1. The van der Waals surface area contributed by atoms with Crippen LogP contribution in [0.3, 0.4) is 0 Å². The van der Waals surface area contributed by atoms with Gasteiger partial charge in [-0.1, -0.05) is 0 Å². The molecule has 9 heteroatoms.